The number of likely N-dealkylation sites (tertiary alicyclic amines) is 1. The maximum atomic E-state index is 12.5. The van der Waals surface area contributed by atoms with E-state index in [1.54, 1.807) is 23.8 Å². The van der Waals surface area contributed by atoms with E-state index in [0.717, 1.165) is 6.42 Å². The fourth-order valence-electron chi connectivity index (χ4n) is 3.42. The van der Waals surface area contributed by atoms with Gasteiger partial charge in [-0.2, -0.15) is 5.11 Å². The molecule has 0 N–H and O–H groups in total. The third-order valence-corrected chi connectivity index (χ3v) is 6.67. The highest BCUT2D eigenvalue weighted by Crippen LogP contribution is 2.29. The van der Waals surface area contributed by atoms with Crippen molar-refractivity contribution in [2.45, 2.75) is 57.9 Å². The van der Waals surface area contributed by atoms with E-state index in [1.807, 2.05) is 6.92 Å². The number of thiocarbonyl (C=S) groups is 1. The minimum absolute atomic E-state index is 0.0739. The van der Waals surface area contributed by atoms with Crippen LogP contribution in [0.3, 0.4) is 0 Å². The van der Waals surface area contributed by atoms with Crippen LogP contribution in [0.2, 0.25) is 0 Å². The van der Waals surface area contributed by atoms with Gasteiger partial charge in [-0.25, -0.2) is 4.79 Å². The molecule has 12 heteroatoms. The first-order chi connectivity index (χ1) is 16.2. The van der Waals surface area contributed by atoms with Gasteiger partial charge in [0.15, 0.2) is 0 Å². The van der Waals surface area contributed by atoms with Gasteiger partial charge in [-0.1, -0.05) is 30.5 Å². The summed E-state index contributed by atoms with van der Waals surface area (Å²) in [5.74, 6) is -1.07. The molecule has 0 aromatic rings. The lowest BCUT2D eigenvalue weighted by molar-refractivity contribution is -0.149. The molecule has 3 unspecified atom stereocenters. The van der Waals surface area contributed by atoms with Crippen LogP contribution in [0.4, 0.5) is 0 Å². The predicted octanol–water partition coefficient (Wildman–Crippen LogP) is 3.12. The first kappa shape index (κ1) is 28.0. The zero-order valence-electron chi connectivity index (χ0n) is 20.1. The SMILES string of the molecule is C=C(C)C(=O)OCC1CN(CCCOC(=O)C(C)CC(SC(=S)OCC)N2CCCC2=O)N=N1. The van der Waals surface area contributed by atoms with Crippen molar-refractivity contribution in [2.75, 3.05) is 39.5 Å². The normalized spacial score (nSPS) is 19.1. The second kappa shape index (κ2) is 14.2. The monoisotopic (exact) mass is 514 g/mol. The standard InChI is InChI=1S/C22H34N4O6S2/c1-5-30-22(33)34-19(26-10-6-8-18(26)27)12-16(4)21(29)31-11-7-9-25-13-17(23-24-25)14-32-20(28)15(2)3/h16-17,19H,2,5-14H2,1,3-4H3. The third kappa shape index (κ3) is 9.21. The van der Waals surface area contributed by atoms with Crippen LogP contribution in [-0.2, 0) is 28.6 Å². The van der Waals surface area contributed by atoms with E-state index in [0.29, 0.717) is 55.5 Å². The van der Waals surface area contributed by atoms with E-state index in [2.05, 4.69) is 16.9 Å². The fraction of sp³-hybridized carbons (Fsp3) is 0.727. The van der Waals surface area contributed by atoms with Gasteiger partial charge >= 0.3 is 11.9 Å². The van der Waals surface area contributed by atoms with Gasteiger partial charge in [0.25, 0.3) is 0 Å². The molecule has 0 bridgehead atoms. The van der Waals surface area contributed by atoms with Crippen molar-refractivity contribution in [1.29, 1.82) is 0 Å². The van der Waals surface area contributed by atoms with Crippen LogP contribution in [0.15, 0.2) is 22.5 Å². The molecule has 1 amide bonds. The van der Waals surface area contributed by atoms with Crippen LogP contribution in [0.25, 0.3) is 0 Å². The highest BCUT2D eigenvalue weighted by atomic mass is 32.2. The van der Waals surface area contributed by atoms with Crippen LogP contribution in [0.5, 0.6) is 0 Å². The van der Waals surface area contributed by atoms with Crippen molar-refractivity contribution in [3.8, 4) is 0 Å². The number of esters is 2. The summed E-state index contributed by atoms with van der Waals surface area (Å²) in [7, 11) is 0. The molecule has 2 heterocycles. The molecule has 2 rings (SSSR count). The predicted molar refractivity (Wildman–Crippen MR) is 132 cm³/mol. The van der Waals surface area contributed by atoms with Crippen molar-refractivity contribution in [2.24, 2.45) is 16.3 Å². The van der Waals surface area contributed by atoms with Gasteiger partial charge in [-0.05, 0) is 38.9 Å². The van der Waals surface area contributed by atoms with Crippen molar-refractivity contribution < 1.29 is 28.6 Å². The molecule has 2 aliphatic rings. The van der Waals surface area contributed by atoms with Crippen molar-refractivity contribution >= 4 is 46.2 Å². The summed E-state index contributed by atoms with van der Waals surface area (Å²) in [6, 6.07) is -0.212. The summed E-state index contributed by atoms with van der Waals surface area (Å²) >= 11 is 6.56. The number of thioether (sulfide) groups is 1. The Labute approximate surface area is 210 Å². The lowest BCUT2D eigenvalue weighted by atomic mass is 10.1. The van der Waals surface area contributed by atoms with E-state index >= 15 is 0 Å². The number of amides is 1. The number of ether oxygens (including phenoxy) is 3. The number of nitrogens with zero attached hydrogens (tertiary/aromatic N) is 4. The minimum Gasteiger partial charge on any atom is -0.479 e. The Morgan fingerprint density at radius 3 is 2.74 bits per heavy atom. The zero-order chi connectivity index (χ0) is 25.1. The van der Waals surface area contributed by atoms with E-state index in [9.17, 15) is 14.4 Å². The van der Waals surface area contributed by atoms with E-state index in [-0.39, 0.29) is 36.5 Å². The van der Waals surface area contributed by atoms with Gasteiger partial charge < -0.3 is 19.1 Å². The highest BCUT2D eigenvalue weighted by Gasteiger charge is 2.32. The molecule has 0 radical (unpaired) electrons. The minimum atomic E-state index is -0.441. The van der Waals surface area contributed by atoms with Gasteiger partial charge in [0, 0.05) is 31.5 Å². The summed E-state index contributed by atoms with van der Waals surface area (Å²) in [4.78, 5) is 38.0. The Morgan fingerprint density at radius 2 is 2.09 bits per heavy atom. The van der Waals surface area contributed by atoms with Crippen LogP contribution in [0, 0.1) is 5.92 Å². The van der Waals surface area contributed by atoms with Gasteiger partial charge in [-0.15, -0.1) is 0 Å². The number of rotatable bonds is 13. The third-order valence-electron chi connectivity index (χ3n) is 5.23. The molecule has 0 saturated carbocycles. The average Bonchev–Trinajstić information content (AvgIpc) is 3.43. The van der Waals surface area contributed by atoms with Crippen molar-refractivity contribution in [3.05, 3.63) is 12.2 Å². The van der Waals surface area contributed by atoms with Crippen molar-refractivity contribution in [3.63, 3.8) is 0 Å². The van der Waals surface area contributed by atoms with Crippen LogP contribution < -0.4 is 0 Å². The molecule has 1 saturated heterocycles. The topological polar surface area (TPSA) is 110 Å². The molecule has 10 nitrogen and oxygen atoms in total. The van der Waals surface area contributed by atoms with Gasteiger partial charge in [0.05, 0.1) is 31.1 Å². The van der Waals surface area contributed by atoms with Crippen LogP contribution in [0.1, 0.15) is 46.5 Å². The molecule has 0 aromatic heterocycles. The molecule has 0 spiro atoms. The molecular formula is C22H34N4O6S2. The highest BCUT2D eigenvalue weighted by molar-refractivity contribution is 8.23. The molecule has 1 fully saturated rings. The molecule has 190 valence electrons. The smallest absolute Gasteiger partial charge is 0.333 e. The lowest BCUT2D eigenvalue weighted by Crippen LogP contribution is -2.37. The number of hydrogen-bond acceptors (Lipinski definition) is 11. The van der Waals surface area contributed by atoms with Gasteiger partial charge in [0.2, 0.25) is 10.3 Å². The quantitative estimate of drug-likeness (QED) is 0.158. The largest absolute Gasteiger partial charge is 0.479 e. The fourth-order valence-corrected chi connectivity index (χ4v) is 5.01. The van der Waals surface area contributed by atoms with Crippen molar-refractivity contribution in [1.82, 2.24) is 9.91 Å². The average molecular weight is 515 g/mol. The van der Waals surface area contributed by atoms with Crippen LogP contribution >= 0.6 is 24.0 Å². The lowest BCUT2D eigenvalue weighted by Gasteiger charge is -2.28. The molecular weight excluding hydrogens is 480 g/mol. The molecule has 34 heavy (non-hydrogen) atoms. The Kier molecular flexibility index (Phi) is 11.7. The number of carbonyl (C=O) groups is 3. The molecule has 0 aliphatic carbocycles. The Balaban J connectivity index is 1.70. The zero-order valence-corrected chi connectivity index (χ0v) is 21.7. The molecule has 2 aliphatic heterocycles. The second-order valence-corrected chi connectivity index (χ2v) is 10.0. The molecule has 3 atom stereocenters. The van der Waals surface area contributed by atoms with E-state index in [1.165, 1.54) is 11.8 Å². The number of carbonyl (C=O) groups excluding carboxylic acids is 3. The van der Waals surface area contributed by atoms with E-state index < -0.39 is 11.9 Å². The van der Waals surface area contributed by atoms with Gasteiger partial charge in [-0.3, -0.25) is 14.6 Å². The molecule has 0 aromatic carbocycles. The van der Waals surface area contributed by atoms with E-state index in [4.69, 9.17) is 26.4 Å². The summed E-state index contributed by atoms with van der Waals surface area (Å²) in [5, 5.41) is 9.66. The maximum Gasteiger partial charge on any atom is 0.333 e. The first-order valence-electron chi connectivity index (χ1n) is 11.5. The van der Waals surface area contributed by atoms with Crippen LogP contribution in [-0.4, -0.2) is 83.0 Å². The number of hydrogen-bond donors (Lipinski definition) is 0. The first-order valence-corrected chi connectivity index (χ1v) is 12.8. The summed E-state index contributed by atoms with van der Waals surface area (Å²) in [6.45, 7) is 11.4. The Hall–Kier alpha value is -2.21. The summed E-state index contributed by atoms with van der Waals surface area (Å²) in [5.41, 5.74) is 0.344. The van der Waals surface area contributed by atoms with Gasteiger partial charge in [0.1, 0.15) is 12.6 Å². The Morgan fingerprint density at radius 1 is 1.32 bits per heavy atom. The second-order valence-electron chi connectivity index (χ2n) is 8.25. The summed E-state index contributed by atoms with van der Waals surface area (Å²) in [6.07, 6.45) is 2.35. The Bertz CT molecular complexity index is 793. The maximum absolute atomic E-state index is 12.5. The summed E-state index contributed by atoms with van der Waals surface area (Å²) < 4.78 is 16.3.